The number of thiazole rings is 1. The van der Waals surface area contributed by atoms with E-state index >= 15 is 0 Å². The minimum absolute atomic E-state index is 0.0168. The Morgan fingerprint density at radius 2 is 1.44 bits per heavy atom. The van der Waals surface area contributed by atoms with E-state index in [-0.39, 0.29) is 17.3 Å². The molecule has 1 aliphatic heterocycles. The molecule has 1 aromatic heterocycles. The summed E-state index contributed by atoms with van der Waals surface area (Å²) in [6.07, 6.45) is 6.79. The number of hydrogen-bond acceptors (Lipinski definition) is 7. The van der Waals surface area contributed by atoms with Crippen molar-refractivity contribution >= 4 is 40.6 Å². The van der Waals surface area contributed by atoms with Crippen LogP contribution >= 0.6 is 11.3 Å². The second-order valence-corrected chi connectivity index (χ2v) is 12.3. The number of rotatable bonds is 6. The summed E-state index contributed by atoms with van der Waals surface area (Å²) in [4.78, 5) is 34.6. The number of benzene rings is 3. The highest BCUT2D eigenvalue weighted by Gasteiger charge is 2.32. The van der Waals surface area contributed by atoms with Crippen molar-refractivity contribution in [2.45, 2.75) is 25.3 Å². The predicted molar refractivity (Wildman–Crippen MR) is 175 cm³/mol. The highest BCUT2D eigenvalue weighted by atomic mass is 32.1. The van der Waals surface area contributed by atoms with Crippen LogP contribution in [0.25, 0.3) is 12.2 Å². The highest BCUT2D eigenvalue weighted by Crippen LogP contribution is 2.41. The van der Waals surface area contributed by atoms with E-state index in [0.29, 0.717) is 9.33 Å². The normalized spacial score (nSPS) is 17.3. The zero-order chi connectivity index (χ0) is 30.2. The van der Waals surface area contributed by atoms with Gasteiger partial charge in [0.25, 0.3) is 11.2 Å². The smallest absolute Gasteiger partial charge is 0.271 e. The number of allylic oxidation sites excluding steroid dienone is 2. The summed E-state index contributed by atoms with van der Waals surface area (Å²) in [5.74, 6) is 0. The fourth-order valence-corrected chi connectivity index (χ4v) is 6.73. The Kier molecular flexibility index (Phi) is 7.58. The Morgan fingerprint density at radius 1 is 0.860 bits per heavy atom. The predicted octanol–water partition coefficient (Wildman–Crippen LogP) is 5.52. The Hall–Kier alpha value is -4.76. The number of nitro benzene ring substituents is 1. The van der Waals surface area contributed by atoms with Gasteiger partial charge in [0.15, 0.2) is 4.80 Å². The maximum absolute atomic E-state index is 14.0. The minimum Gasteiger partial charge on any atom is -0.378 e. The number of anilines is 2. The van der Waals surface area contributed by atoms with Crippen molar-refractivity contribution in [1.29, 1.82) is 0 Å². The lowest BCUT2D eigenvalue weighted by atomic mass is 9.83. The molecule has 1 aliphatic carbocycles. The summed E-state index contributed by atoms with van der Waals surface area (Å²) < 4.78 is 2.38. The van der Waals surface area contributed by atoms with E-state index < -0.39 is 4.92 Å². The number of hydrogen-bond donors (Lipinski definition) is 0. The zero-order valence-corrected chi connectivity index (χ0v) is 25.5. The average Bonchev–Trinajstić information content (AvgIpc) is 3.31. The van der Waals surface area contributed by atoms with Gasteiger partial charge in [-0.2, -0.15) is 0 Å². The Bertz CT molecular complexity index is 1930. The molecule has 1 atom stereocenters. The van der Waals surface area contributed by atoms with Crippen LogP contribution in [0.1, 0.15) is 42.0 Å². The lowest BCUT2D eigenvalue weighted by molar-refractivity contribution is -0.384. The van der Waals surface area contributed by atoms with Gasteiger partial charge in [0.05, 0.1) is 21.2 Å². The molecule has 218 valence electrons. The van der Waals surface area contributed by atoms with Crippen LogP contribution in [0, 0.1) is 10.1 Å². The van der Waals surface area contributed by atoms with Crippen LogP contribution in [0.15, 0.2) is 99.4 Å². The third-order valence-electron chi connectivity index (χ3n) is 8.01. The highest BCUT2D eigenvalue weighted by molar-refractivity contribution is 7.07. The van der Waals surface area contributed by atoms with Gasteiger partial charge in [0, 0.05) is 51.7 Å². The quantitative estimate of drug-likeness (QED) is 0.218. The number of nitrogens with zero attached hydrogens (tertiary/aromatic N) is 5. The van der Waals surface area contributed by atoms with Crippen molar-refractivity contribution in [3.63, 3.8) is 0 Å². The lowest BCUT2D eigenvalue weighted by Crippen LogP contribution is -2.39. The van der Waals surface area contributed by atoms with Gasteiger partial charge >= 0.3 is 0 Å². The second kappa shape index (κ2) is 11.5. The first-order valence-corrected chi connectivity index (χ1v) is 15.1. The van der Waals surface area contributed by atoms with E-state index in [9.17, 15) is 14.9 Å². The van der Waals surface area contributed by atoms with Crippen LogP contribution < -0.4 is 24.7 Å². The van der Waals surface area contributed by atoms with Gasteiger partial charge in [-0.1, -0.05) is 35.6 Å². The van der Waals surface area contributed by atoms with Gasteiger partial charge in [-0.25, -0.2) is 4.99 Å². The van der Waals surface area contributed by atoms with Crippen LogP contribution in [0.4, 0.5) is 17.1 Å². The number of non-ortho nitro benzene ring substituents is 1. The molecule has 0 bridgehead atoms. The van der Waals surface area contributed by atoms with Crippen LogP contribution in [-0.4, -0.2) is 37.7 Å². The van der Waals surface area contributed by atoms with Crippen molar-refractivity contribution in [3.05, 3.63) is 136 Å². The molecule has 43 heavy (non-hydrogen) atoms. The van der Waals surface area contributed by atoms with E-state index in [2.05, 4.69) is 64.4 Å². The van der Waals surface area contributed by atoms with E-state index in [1.807, 2.05) is 32.8 Å². The molecule has 0 fully saturated rings. The maximum Gasteiger partial charge on any atom is 0.271 e. The van der Waals surface area contributed by atoms with Crippen LogP contribution in [0.5, 0.6) is 0 Å². The molecule has 0 saturated carbocycles. The van der Waals surface area contributed by atoms with Crippen molar-refractivity contribution in [2.24, 2.45) is 4.99 Å². The summed E-state index contributed by atoms with van der Waals surface area (Å²) in [5, 5.41) is 11.1. The molecular weight excluding hydrogens is 558 g/mol. The number of nitro groups is 1. The van der Waals surface area contributed by atoms with E-state index in [1.165, 1.54) is 29.0 Å². The van der Waals surface area contributed by atoms with Gasteiger partial charge in [-0.15, -0.1) is 0 Å². The molecule has 9 heteroatoms. The van der Waals surface area contributed by atoms with Gasteiger partial charge in [-0.3, -0.25) is 19.5 Å². The molecule has 8 nitrogen and oxygen atoms in total. The standard InChI is InChI=1S/C34H33N5O3S/c1-36(2)26-14-8-22(9-15-26)20-25-6-5-7-29-31(25)35-34-38(32(29)24-12-18-27(19-13-24)37(3)4)33(40)30(43-34)21-23-10-16-28(17-11-23)39(41)42/h8-21,32H,5-7H2,1-4H3/b25-20+,30-21+. The Morgan fingerprint density at radius 3 is 2.05 bits per heavy atom. The van der Waals surface area contributed by atoms with E-state index in [4.69, 9.17) is 4.99 Å². The first-order chi connectivity index (χ1) is 20.7. The molecule has 0 saturated heterocycles. The Labute approximate surface area is 254 Å². The molecule has 6 rings (SSSR count). The molecule has 4 aromatic rings. The third kappa shape index (κ3) is 5.56. The fourth-order valence-electron chi connectivity index (χ4n) is 5.73. The summed E-state index contributed by atoms with van der Waals surface area (Å²) >= 11 is 1.36. The molecule has 1 unspecified atom stereocenters. The Balaban J connectivity index is 1.51. The minimum atomic E-state index is -0.425. The summed E-state index contributed by atoms with van der Waals surface area (Å²) in [5.41, 5.74) is 8.37. The lowest BCUT2D eigenvalue weighted by Gasteiger charge is -2.31. The van der Waals surface area contributed by atoms with Crippen molar-refractivity contribution in [3.8, 4) is 0 Å². The van der Waals surface area contributed by atoms with E-state index in [0.717, 1.165) is 58.6 Å². The van der Waals surface area contributed by atoms with Gasteiger partial charge in [0.2, 0.25) is 0 Å². The first kappa shape index (κ1) is 28.4. The van der Waals surface area contributed by atoms with Gasteiger partial charge in [0.1, 0.15) is 0 Å². The summed E-state index contributed by atoms with van der Waals surface area (Å²) in [6.45, 7) is 0. The molecule has 0 spiro atoms. The second-order valence-electron chi connectivity index (χ2n) is 11.3. The van der Waals surface area contributed by atoms with Gasteiger partial charge in [-0.05, 0) is 95.6 Å². The molecule has 2 heterocycles. The third-order valence-corrected chi connectivity index (χ3v) is 8.99. The van der Waals surface area contributed by atoms with Crippen molar-refractivity contribution in [1.82, 2.24) is 4.57 Å². The molecule has 0 radical (unpaired) electrons. The number of fused-ring (bicyclic) bond motifs is 1. The monoisotopic (exact) mass is 591 g/mol. The zero-order valence-electron chi connectivity index (χ0n) is 24.7. The number of aromatic nitrogens is 1. The van der Waals surface area contributed by atoms with E-state index in [1.54, 1.807) is 18.2 Å². The van der Waals surface area contributed by atoms with Crippen molar-refractivity contribution < 1.29 is 4.92 Å². The topological polar surface area (TPSA) is 84.0 Å². The average molecular weight is 592 g/mol. The largest absolute Gasteiger partial charge is 0.378 e. The molecule has 3 aromatic carbocycles. The molecule has 0 amide bonds. The van der Waals surface area contributed by atoms with Crippen LogP contribution in [0.2, 0.25) is 0 Å². The maximum atomic E-state index is 14.0. The first-order valence-electron chi connectivity index (χ1n) is 14.2. The summed E-state index contributed by atoms with van der Waals surface area (Å²) in [6, 6.07) is 22.9. The van der Waals surface area contributed by atoms with Crippen molar-refractivity contribution in [2.75, 3.05) is 38.0 Å². The molecule has 2 aliphatic rings. The summed E-state index contributed by atoms with van der Waals surface area (Å²) in [7, 11) is 8.10. The van der Waals surface area contributed by atoms with Crippen LogP contribution in [0.3, 0.4) is 0 Å². The SMILES string of the molecule is CN(C)c1ccc(/C=C2\CCCC3=C2N=c2s/c(=C/c4ccc([N+](=O)[O-])cc4)c(=O)n2C3c2ccc(N(C)C)cc2)cc1. The molecule has 0 N–H and O–H groups in total. The van der Waals surface area contributed by atoms with Gasteiger partial charge < -0.3 is 9.80 Å². The molecular formula is C34H33N5O3S. The van der Waals surface area contributed by atoms with Crippen LogP contribution in [-0.2, 0) is 0 Å². The fraction of sp³-hybridized carbons (Fsp3) is 0.235.